The number of carbonyl (C=O) groups is 1. The number of aryl methyl sites for hydroxylation is 1. The van der Waals surface area contributed by atoms with E-state index in [1.807, 2.05) is 35.6 Å². The van der Waals surface area contributed by atoms with Crippen molar-refractivity contribution in [1.82, 2.24) is 16.0 Å². The van der Waals surface area contributed by atoms with Crippen LogP contribution in [0.2, 0.25) is 0 Å². The molecular formula is C20H29IN4OS. The Kier molecular flexibility index (Phi) is 10.4. The van der Waals surface area contributed by atoms with Gasteiger partial charge in [0.1, 0.15) is 0 Å². The number of nitrogens with one attached hydrogen (secondary N) is 3. The van der Waals surface area contributed by atoms with E-state index in [2.05, 4.69) is 46.9 Å². The van der Waals surface area contributed by atoms with E-state index in [9.17, 15) is 4.79 Å². The molecule has 3 N–H and O–H groups in total. The third-order valence-corrected chi connectivity index (χ3v) is 5.06. The molecule has 0 saturated heterocycles. The fourth-order valence-electron chi connectivity index (χ4n) is 2.71. The minimum atomic E-state index is -0.0603. The Morgan fingerprint density at radius 3 is 2.67 bits per heavy atom. The van der Waals surface area contributed by atoms with E-state index in [4.69, 9.17) is 0 Å². The second-order valence-corrected chi connectivity index (χ2v) is 7.66. The molecule has 7 heteroatoms. The Balaban J connectivity index is 0.00000364. The van der Waals surface area contributed by atoms with Gasteiger partial charge in [-0.2, -0.15) is 0 Å². The predicted molar refractivity (Wildman–Crippen MR) is 126 cm³/mol. The molecule has 27 heavy (non-hydrogen) atoms. The van der Waals surface area contributed by atoms with E-state index in [1.54, 1.807) is 14.1 Å². The number of aliphatic imine (C=N–C) groups is 1. The van der Waals surface area contributed by atoms with Gasteiger partial charge in [-0.05, 0) is 50.1 Å². The zero-order valence-electron chi connectivity index (χ0n) is 16.3. The van der Waals surface area contributed by atoms with E-state index in [1.165, 1.54) is 9.75 Å². The maximum Gasteiger partial charge on any atom is 0.251 e. The third kappa shape index (κ3) is 7.88. The van der Waals surface area contributed by atoms with E-state index in [0.29, 0.717) is 11.6 Å². The summed E-state index contributed by atoms with van der Waals surface area (Å²) in [7, 11) is 3.43. The minimum absolute atomic E-state index is 0. The van der Waals surface area contributed by atoms with Gasteiger partial charge in [0.25, 0.3) is 5.91 Å². The molecule has 1 amide bonds. The lowest BCUT2D eigenvalue weighted by Gasteiger charge is -2.17. The molecular weight excluding hydrogens is 471 g/mol. The number of nitrogens with zero attached hydrogens (tertiary/aromatic N) is 1. The fourth-order valence-corrected chi connectivity index (χ4v) is 3.73. The molecule has 0 radical (unpaired) electrons. The van der Waals surface area contributed by atoms with Gasteiger partial charge in [0.05, 0.1) is 0 Å². The van der Waals surface area contributed by atoms with Gasteiger partial charge in [-0.25, -0.2) is 0 Å². The highest BCUT2D eigenvalue weighted by Gasteiger charge is 2.08. The fraction of sp³-hybridized carbons (Fsp3) is 0.400. The average Bonchev–Trinajstić information content (AvgIpc) is 3.04. The van der Waals surface area contributed by atoms with Crippen molar-refractivity contribution in [3.63, 3.8) is 0 Å². The lowest BCUT2D eigenvalue weighted by molar-refractivity contribution is 0.0963. The van der Waals surface area contributed by atoms with Gasteiger partial charge in [0.15, 0.2) is 5.96 Å². The minimum Gasteiger partial charge on any atom is -0.356 e. The van der Waals surface area contributed by atoms with E-state index < -0.39 is 0 Å². The van der Waals surface area contributed by atoms with Gasteiger partial charge in [-0.3, -0.25) is 9.79 Å². The smallest absolute Gasteiger partial charge is 0.251 e. The second-order valence-electron chi connectivity index (χ2n) is 6.29. The number of carbonyl (C=O) groups excluding carboxylic acids is 1. The summed E-state index contributed by atoms with van der Waals surface area (Å²) >= 11 is 1.84. The van der Waals surface area contributed by atoms with Crippen molar-refractivity contribution in [2.75, 3.05) is 20.6 Å². The number of thiophene rings is 1. The highest BCUT2D eigenvalue weighted by Crippen LogP contribution is 2.16. The molecule has 1 aromatic carbocycles. The molecule has 0 aliphatic heterocycles. The van der Waals surface area contributed by atoms with Crippen LogP contribution in [0.1, 0.15) is 32.6 Å². The van der Waals surface area contributed by atoms with Gasteiger partial charge in [-0.15, -0.1) is 35.3 Å². The summed E-state index contributed by atoms with van der Waals surface area (Å²) < 4.78 is 0. The Bertz CT molecular complexity index is 760. The van der Waals surface area contributed by atoms with Crippen LogP contribution < -0.4 is 16.0 Å². The molecule has 2 aromatic rings. The molecule has 1 unspecified atom stereocenters. The molecule has 0 aliphatic carbocycles. The lowest BCUT2D eigenvalue weighted by Crippen LogP contribution is -2.43. The number of benzene rings is 1. The highest BCUT2D eigenvalue weighted by atomic mass is 127. The number of rotatable bonds is 7. The first kappa shape index (κ1) is 23.4. The van der Waals surface area contributed by atoms with Gasteiger partial charge in [0, 0.05) is 48.4 Å². The summed E-state index contributed by atoms with van der Waals surface area (Å²) in [4.78, 5) is 18.7. The first-order chi connectivity index (χ1) is 12.5. The van der Waals surface area contributed by atoms with Crippen LogP contribution in [0.15, 0.2) is 41.4 Å². The van der Waals surface area contributed by atoms with Crippen LogP contribution in [-0.2, 0) is 12.8 Å². The number of hydrogen-bond donors (Lipinski definition) is 3. The average molecular weight is 500 g/mol. The number of amides is 1. The molecule has 0 bridgehead atoms. The van der Waals surface area contributed by atoms with Crippen molar-refractivity contribution in [3.8, 4) is 0 Å². The van der Waals surface area contributed by atoms with Gasteiger partial charge >= 0.3 is 0 Å². The summed E-state index contributed by atoms with van der Waals surface area (Å²) in [6, 6.07) is 12.4. The number of guanidine groups is 1. The van der Waals surface area contributed by atoms with Gasteiger partial charge in [-0.1, -0.05) is 12.1 Å². The summed E-state index contributed by atoms with van der Waals surface area (Å²) in [5.41, 5.74) is 1.81. The van der Waals surface area contributed by atoms with Crippen molar-refractivity contribution >= 4 is 47.2 Å². The molecule has 0 spiro atoms. The molecule has 0 aliphatic rings. The van der Waals surface area contributed by atoms with Crippen LogP contribution in [0.4, 0.5) is 0 Å². The molecule has 1 atom stereocenters. The molecule has 2 rings (SSSR count). The van der Waals surface area contributed by atoms with Crippen molar-refractivity contribution in [3.05, 3.63) is 57.3 Å². The van der Waals surface area contributed by atoms with Crippen LogP contribution in [0.5, 0.6) is 0 Å². The van der Waals surface area contributed by atoms with Crippen LogP contribution in [0.25, 0.3) is 0 Å². The molecule has 1 aromatic heterocycles. The maximum atomic E-state index is 11.7. The Hall–Kier alpha value is -1.61. The molecule has 148 valence electrons. The Labute approximate surface area is 183 Å². The summed E-state index contributed by atoms with van der Waals surface area (Å²) in [6.45, 7) is 5.04. The Morgan fingerprint density at radius 1 is 1.26 bits per heavy atom. The highest BCUT2D eigenvalue weighted by molar-refractivity contribution is 14.0. The van der Waals surface area contributed by atoms with Crippen LogP contribution in [0.3, 0.4) is 0 Å². The molecule has 1 heterocycles. The number of halogens is 1. The molecule has 0 fully saturated rings. The molecule has 0 saturated carbocycles. The Morgan fingerprint density at radius 2 is 2.04 bits per heavy atom. The summed E-state index contributed by atoms with van der Waals surface area (Å²) in [5, 5.41) is 9.43. The van der Waals surface area contributed by atoms with E-state index >= 15 is 0 Å². The van der Waals surface area contributed by atoms with Crippen molar-refractivity contribution in [2.24, 2.45) is 4.99 Å². The first-order valence-corrected chi connectivity index (χ1v) is 9.67. The van der Waals surface area contributed by atoms with Crippen molar-refractivity contribution in [2.45, 2.75) is 32.7 Å². The monoisotopic (exact) mass is 500 g/mol. The quantitative estimate of drug-likeness (QED) is 0.310. The lowest BCUT2D eigenvalue weighted by atomic mass is 10.1. The van der Waals surface area contributed by atoms with Gasteiger partial charge < -0.3 is 16.0 Å². The normalized spacial score (nSPS) is 12.1. The summed E-state index contributed by atoms with van der Waals surface area (Å²) in [6.07, 6.45) is 1.80. The third-order valence-electron chi connectivity index (χ3n) is 4.03. The van der Waals surface area contributed by atoms with E-state index in [-0.39, 0.29) is 29.9 Å². The largest absolute Gasteiger partial charge is 0.356 e. The van der Waals surface area contributed by atoms with Gasteiger partial charge in [0.2, 0.25) is 0 Å². The predicted octanol–water partition coefficient (Wildman–Crippen LogP) is 3.37. The second kappa shape index (κ2) is 12.0. The topological polar surface area (TPSA) is 65.5 Å². The van der Waals surface area contributed by atoms with Crippen molar-refractivity contribution < 1.29 is 4.79 Å². The summed E-state index contributed by atoms with van der Waals surface area (Å²) in [5.74, 6) is 0.739. The van der Waals surface area contributed by atoms with Crippen LogP contribution in [-0.4, -0.2) is 38.5 Å². The van der Waals surface area contributed by atoms with E-state index in [0.717, 1.165) is 30.9 Å². The zero-order valence-corrected chi connectivity index (χ0v) is 19.5. The first-order valence-electron chi connectivity index (χ1n) is 8.85. The standard InChI is InChI=1S/C20H28N4OS.HI/c1-14(12-18-9-8-15(2)26-18)24-20(22-4)23-11-10-16-6-5-7-17(13-16)19(25)21-3;/h5-9,13-14H,10-12H2,1-4H3,(H,21,25)(H2,22,23,24);1H. The van der Waals surface area contributed by atoms with Crippen molar-refractivity contribution in [1.29, 1.82) is 0 Å². The molecule has 5 nitrogen and oxygen atoms in total. The van der Waals surface area contributed by atoms with Crippen LogP contribution >= 0.6 is 35.3 Å². The maximum absolute atomic E-state index is 11.7. The SMILES string of the molecule is CN=C(NCCc1cccc(C(=O)NC)c1)NC(C)Cc1ccc(C)s1.I. The zero-order chi connectivity index (χ0) is 18.9. The number of hydrogen-bond acceptors (Lipinski definition) is 3. The van der Waals surface area contributed by atoms with Crippen LogP contribution in [0, 0.1) is 6.92 Å².